The van der Waals surface area contributed by atoms with Crippen molar-refractivity contribution in [3.05, 3.63) is 113 Å². The molecule has 0 aliphatic carbocycles. The first-order valence-electron chi connectivity index (χ1n) is 13.1. The molecule has 0 saturated carbocycles. The molecule has 0 unspecified atom stereocenters. The predicted molar refractivity (Wildman–Crippen MR) is 156 cm³/mol. The molecular weight excluding hydrogens is 474 g/mol. The van der Waals surface area contributed by atoms with Gasteiger partial charge in [0.15, 0.2) is 5.11 Å². The number of benzene rings is 2. The fourth-order valence-corrected chi connectivity index (χ4v) is 5.72. The van der Waals surface area contributed by atoms with Gasteiger partial charge in [-0.15, -0.1) is 0 Å². The highest BCUT2D eigenvalue weighted by Crippen LogP contribution is 2.41. The predicted octanol–water partition coefficient (Wildman–Crippen LogP) is 6.53. The third kappa shape index (κ3) is 5.25. The molecule has 1 aliphatic rings. The van der Waals surface area contributed by atoms with E-state index in [1.165, 1.54) is 28.2 Å². The summed E-state index contributed by atoms with van der Waals surface area (Å²) in [5, 5.41) is 7.92. The summed E-state index contributed by atoms with van der Waals surface area (Å²) in [5.41, 5.74) is 8.45. The second-order valence-electron chi connectivity index (χ2n) is 9.65. The monoisotopic (exact) mass is 509 g/mol. The van der Waals surface area contributed by atoms with Crippen molar-refractivity contribution in [2.24, 2.45) is 0 Å². The van der Waals surface area contributed by atoms with Crippen LogP contribution in [0.25, 0.3) is 5.69 Å². The number of anilines is 1. The molecule has 5 nitrogen and oxygen atoms in total. The second kappa shape index (κ2) is 11.2. The first-order valence-corrected chi connectivity index (χ1v) is 13.5. The Morgan fingerprint density at radius 2 is 1.73 bits per heavy atom. The third-order valence-corrected chi connectivity index (χ3v) is 7.62. The lowest BCUT2D eigenvalue weighted by atomic mass is 9.96. The molecule has 0 amide bonds. The van der Waals surface area contributed by atoms with Crippen LogP contribution in [0.15, 0.2) is 85.1 Å². The molecule has 2 aromatic carbocycles. The van der Waals surface area contributed by atoms with Crippen LogP contribution in [-0.4, -0.2) is 32.7 Å². The van der Waals surface area contributed by atoms with Crippen molar-refractivity contribution in [1.29, 1.82) is 0 Å². The van der Waals surface area contributed by atoms with Gasteiger partial charge < -0.3 is 20.1 Å². The van der Waals surface area contributed by atoms with E-state index in [9.17, 15) is 0 Å². The Kier molecular flexibility index (Phi) is 7.56. The van der Waals surface area contributed by atoms with Gasteiger partial charge in [-0.2, -0.15) is 0 Å². The van der Waals surface area contributed by atoms with E-state index in [1.807, 2.05) is 18.3 Å². The van der Waals surface area contributed by atoms with Crippen LogP contribution in [0.3, 0.4) is 0 Å². The minimum Gasteiger partial charge on any atom is -0.385 e. The zero-order chi connectivity index (χ0) is 25.8. The number of aromatic nitrogens is 2. The van der Waals surface area contributed by atoms with E-state index in [0.29, 0.717) is 0 Å². The quantitative estimate of drug-likeness (QED) is 0.198. The summed E-state index contributed by atoms with van der Waals surface area (Å²) in [6, 6.07) is 27.7. The molecule has 4 aromatic rings. The van der Waals surface area contributed by atoms with Crippen molar-refractivity contribution in [1.82, 2.24) is 19.8 Å². The van der Waals surface area contributed by atoms with Crippen molar-refractivity contribution in [2.45, 2.75) is 45.7 Å². The van der Waals surface area contributed by atoms with Gasteiger partial charge in [0.05, 0.1) is 17.8 Å². The van der Waals surface area contributed by atoms with Gasteiger partial charge in [-0.3, -0.25) is 4.98 Å². The summed E-state index contributed by atoms with van der Waals surface area (Å²) in [5.74, 6) is 0. The van der Waals surface area contributed by atoms with Crippen LogP contribution in [0.5, 0.6) is 0 Å². The zero-order valence-electron chi connectivity index (χ0n) is 21.8. The molecule has 2 N–H and O–H groups in total. The maximum Gasteiger partial charge on any atom is 0.170 e. The standard InChI is InChI=1S/C31H35N5S/c1-4-24-14-16-26(17-15-24)36-22(2)21-27(23(36)3)30-29(28-13-8-9-18-33-28)34-31(37)35(30)20-10-19-32-25-11-6-5-7-12-25/h5-9,11-18,21,29-30,32H,4,10,19-20H2,1-3H3,(H,34,37)/t29-,30-/m1/s1. The van der Waals surface area contributed by atoms with E-state index in [-0.39, 0.29) is 12.1 Å². The van der Waals surface area contributed by atoms with Gasteiger partial charge in [-0.25, -0.2) is 0 Å². The number of para-hydroxylation sites is 1. The molecule has 0 spiro atoms. The lowest BCUT2D eigenvalue weighted by Crippen LogP contribution is -2.31. The Labute approximate surface area is 225 Å². The molecule has 2 atom stereocenters. The van der Waals surface area contributed by atoms with Gasteiger partial charge in [0, 0.05) is 42.0 Å². The van der Waals surface area contributed by atoms with Crippen LogP contribution in [0.4, 0.5) is 5.69 Å². The summed E-state index contributed by atoms with van der Waals surface area (Å²) in [6.07, 6.45) is 3.88. The van der Waals surface area contributed by atoms with Crippen molar-refractivity contribution in [3.63, 3.8) is 0 Å². The van der Waals surface area contributed by atoms with Crippen LogP contribution in [0.1, 0.15) is 53.6 Å². The molecule has 1 aliphatic heterocycles. The number of aryl methyl sites for hydroxylation is 2. The van der Waals surface area contributed by atoms with Gasteiger partial charge in [0.25, 0.3) is 0 Å². The van der Waals surface area contributed by atoms with E-state index in [1.54, 1.807) is 0 Å². The molecule has 5 rings (SSSR count). The molecule has 3 heterocycles. The Morgan fingerprint density at radius 1 is 0.973 bits per heavy atom. The largest absolute Gasteiger partial charge is 0.385 e. The average molecular weight is 510 g/mol. The summed E-state index contributed by atoms with van der Waals surface area (Å²) >= 11 is 5.90. The Balaban J connectivity index is 1.45. The van der Waals surface area contributed by atoms with Gasteiger partial charge in [-0.1, -0.05) is 43.3 Å². The lowest BCUT2D eigenvalue weighted by Gasteiger charge is -2.28. The van der Waals surface area contributed by atoms with E-state index in [0.717, 1.165) is 42.4 Å². The number of nitrogens with zero attached hydrogens (tertiary/aromatic N) is 3. The fraction of sp³-hybridized carbons (Fsp3) is 0.290. The molecule has 2 aromatic heterocycles. The van der Waals surface area contributed by atoms with Gasteiger partial charge >= 0.3 is 0 Å². The first-order chi connectivity index (χ1) is 18.1. The number of hydrogen-bond donors (Lipinski definition) is 2. The highest BCUT2D eigenvalue weighted by Gasteiger charge is 2.41. The van der Waals surface area contributed by atoms with Crippen molar-refractivity contribution in [2.75, 3.05) is 18.4 Å². The van der Waals surface area contributed by atoms with Gasteiger partial charge in [-0.05, 0) is 92.5 Å². The molecule has 1 fully saturated rings. The summed E-state index contributed by atoms with van der Waals surface area (Å²) in [6.45, 7) is 8.34. The van der Waals surface area contributed by atoms with Crippen LogP contribution >= 0.6 is 12.2 Å². The SMILES string of the molecule is CCc1ccc(-n2c(C)cc([C@@H]3[C@@H](c4ccccn4)NC(=S)N3CCCNc3ccccc3)c2C)cc1. The summed E-state index contributed by atoms with van der Waals surface area (Å²) < 4.78 is 2.36. The van der Waals surface area contributed by atoms with Crippen LogP contribution < -0.4 is 10.6 Å². The van der Waals surface area contributed by atoms with Crippen molar-refractivity contribution in [3.8, 4) is 5.69 Å². The van der Waals surface area contributed by atoms with Crippen LogP contribution in [0.2, 0.25) is 0 Å². The topological polar surface area (TPSA) is 45.1 Å². The maximum absolute atomic E-state index is 5.90. The second-order valence-corrected chi connectivity index (χ2v) is 10.0. The smallest absolute Gasteiger partial charge is 0.170 e. The highest BCUT2D eigenvalue weighted by atomic mass is 32.1. The van der Waals surface area contributed by atoms with Gasteiger partial charge in [0.2, 0.25) is 0 Å². The minimum absolute atomic E-state index is 0.00722. The number of nitrogens with one attached hydrogen (secondary N) is 2. The van der Waals surface area contributed by atoms with Crippen LogP contribution in [0, 0.1) is 13.8 Å². The van der Waals surface area contributed by atoms with Crippen LogP contribution in [-0.2, 0) is 6.42 Å². The van der Waals surface area contributed by atoms with Crippen molar-refractivity contribution < 1.29 is 0 Å². The van der Waals surface area contributed by atoms with E-state index < -0.39 is 0 Å². The zero-order valence-corrected chi connectivity index (χ0v) is 22.6. The van der Waals surface area contributed by atoms with E-state index >= 15 is 0 Å². The minimum atomic E-state index is -0.00722. The first kappa shape index (κ1) is 25.0. The van der Waals surface area contributed by atoms with Gasteiger partial charge in [0.1, 0.15) is 0 Å². The molecule has 190 valence electrons. The van der Waals surface area contributed by atoms with E-state index in [4.69, 9.17) is 17.2 Å². The lowest BCUT2D eigenvalue weighted by molar-refractivity contribution is 0.315. The summed E-state index contributed by atoms with van der Waals surface area (Å²) in [4.78, 5) is 7.06. The molecule has 37 heavy (non-hydrogen) atoms. The Morgan fingerprint density at radius 3 is 2.43 bits per heavy atom. The average Bonchev–Trinajstić information content (AvgIpc) is 3.42. The molecule has 6 heteroatoms. The fourth-order valence-electron chi connectivity index (χ4n) is 5.39. The van der Waals surface area contributed by atoms with E-state index in [2.05, 4.69) is 108 Å². The normalized spacial score (nSPS) is 17.2. The third-order valence-electron chi connectivity index (χ3n) is 7.27. The number of hydrogen-bond acceptors (Lipinski definition) is 3. The molecular formula is C31H35N5S. The number of thiocarbonyl (C=S) groups is 1. The highest BCUT2D eigenvalue weighted by molar-refractivity contribution is 7.80. The molecule has 1 saturated heterocycles. The summed E-state index contributed by atoms with van der Waals surface area (Å²) in [7, 11) is 0. The maximum atomic E-state index is 5.90. The molecule has 0 bridgehead atoms. The Bertz CT molecular complexity index is 1330. The van der Waals surface area contributed by atoms with Crippen molar-refractivity contribution >= 4 is 23.0 Å². The number of pyridine rings is 1. The Hall–Kier alpha value is -3.64. The number of rotatable bonds is 9. The molecule has 0 radical (unpaired) electrons.